The molecule has 5 heteroatoms. The first kappa shape index (κ1) is 14.3. The van der Waals surface area contributed by atoms with Gasteiger partial charge in [0.05, 0.1) is 0 Å². The Morgan fingerprint density at radius 3 is 2.58 bits per heavy atom. The van der Waals surface area contributed by atoms with Gasteiger partial charge in [-0.15, -0.1) is 0 Å². The van der Waals surface area contributed by atoms with Crippen molar-refractivity contribution >= 4 is 27.5 Å². The molecule has 0 radical (unpaired) electrons. The van der Waals surface area contributed by atoms with Crippen LogP contribution in [0.3, 0.4) is 0 Å². The molecule has 1 atom stereocenters. The van der Waals surface area contributed by atoms with Gasteiger partial charge in [-0.3, -0.25) is 4.79 Å². The van der Waals surface area contributed by atoms with Gasteiger partial charge in [-0.25, -0.2) is 0 Å². The molecule has 1 unspecified atom stereocenters. The second-order valence-corrected chi connectivity index (χ2v) is 6.07. The molecule has 0 spiro atoms. The summed E-state index contributed by atoms with van der Waals surface area (Å²) < 4.78 is 1.04. The van der Waals surface area contributed by atoms with Gasteiger partial charge in [0, 0.05) is 35.2 Å². The number of hydrogen-bond donors (Lipinski definition) is 2. The predicted octanol–water partition coefficient (Wildman–Crippen LogP) is 2.17. The van der Waals surface area contributed by atoms with Gasteiger partial charge in [0.2, 0.25) is 5.91 Å². The molecule has 0 aliphatic carbocycles. The zero-order chi connectivity index (χ0) is 14.0. The van der Waals surface area contributed by atoms with Gasteiger partial charge < -0.3 is 16.4 Å². The van der Waals surface area contributed by atoms with Crippen LogP contribution in [0, 0.1) is 5.92 Å². The highest BCUT2D eigenvalue weighted by Crippen LogP contribution is 2.31. The molecular formula is C14H20BrN3O. The third-order valence-electron chi connectivity index (χ3n) is 3.72. The van der Waals surface area contributed by atoms with Crippen molar-refractivity contribution in [1.29, 1.82) is 0 Å². The number of hydrogen-bond acceptors (Lipinski definition) is 3. The van der Waals surface area contributed by atoms with Gasteiger partial charge in [-0.05, 0) is 43.5 Å². The monoisotopic (exact) mass is 325 g/mol. The van der Waals surface area contributed by atoms with E-state index in [2.05, 4.69) is 33.0 Å². The molecule has 1 aliphatic rings. The van der Waals surface area contributed by atoms with E-state index in [1.807, 2.05) is 13.0 Å². The molecule has 0 aromatic heterocycles. The van der Waals surface area contributed by atoms with Gasteiger partial charge in [0.15, 0.2) is 0 Å². The highest BCUT2D eigenvalue weighted by atomic mass is 79.9. The van der Waals surface area contributed by atoms with Crippen LogP contribution in [0.5, 0.6) is 0 Å². The maximum absolute atomic E-state index is 11.2. The molecule has 1 aromatic carbocycles. The van der Waals surface area contributed by atoms with Gasteiger partial charge in [0.25, 0.3) is 0 Å². The van der Waals surface area contributed by atoms with Gasteiger partial charge in [0.1, 0.15) is 0 Å². The minimum absolute atomic E-state index is 0.0126. The van der Waals surface area contributed by atoms with Crippen molar-refractivity contribution in [2.45, 2.75) is 25.8 Å². The van der Waals surface area contributed by atoms with Crippen LogP contribution in [0.1, 0.15) is 31.4 Å². The first-order valence-corrected chi connectivity index (χ1v) is 7.37. The van der Waals surface area contributed by atoms with Crippen LogP contribution in [0.2, 0.25) is 0 Å². The lowest BCUT2D eigenvalue weighted by Gasteiger charge is -2.34. The number of amides is 1. The minimum Gasteiger partial charge on any atom is -0.371 e. The molecular weight excluding hydrogens is 306 g/mol. The Balaban J connectivity index is 2.17. The average molecular weight is 326 g/mol. The number of piperidine rings is 1. The van der Waals surface area contributed by atoms with Gasteiger partial charge in [-0.1, -0.05) is 15.9 Å². The molecule has 0 saturated carbocycles. The number of carbonyl (C=O) groups is 1. The third-order valence-corrected chi connectivity index (χ3v) is 4.21. The molecule has 0 bridgehead atoms. The Bertz CT molecular complexity index is 468. The highest BCUT2D eigenvalue weighted by molar-refractivity contribution is 9.10. The van der Waals surface area contributed by atoms with E-state index in [1.165, 1.54) is 5.69 Å². The summed E-state index contributed by atoms with van der Waals surface area (Å²) in [4.78, 5) is 13.5. The molecule has 2 rings (SSSR count). The molecule has 4 N–H and O–H groups in total. The van der Waals surface area contributed by atoms with E-state index in [0.29, 0.717) is 0 Å². The Kier molecular flexibility index (Phi) is 4.47. The Hall–Kier alpha value is -1.07. The van der Waals surface area contributed by atoms with Gasteiger partial charge in [-0.2, -0.15) is 0 Å². The molecule has 4 nitrogen and oxygen atoms in total. The maximum atomic E-state index is 11.2. The number of halogens is 1. The number of nitrogens with zero attached hydrogens (tertiary/aromatic N) is 1. The third kappa shape index (κ3) is 3.28. The van der Waals surface area contributed by atoms with E-state index in [4.69, 9.17) is 11.5 Å². The average Bonchev–Trinajstić information content (AvgIpc) is 2.38. The summed E-state index contributed by atoms with van der Waals surface area (Å²) in [6.45, 7) is 3.70. The van der Waals surface area contributed by atoms with E-state index in [0.717, 1.165) is 36.0 Å². The van der Waals surface area contributed by atoms with Crippen molar-refractivity contribution in [1.82, 2.24) is 0 Å². The van der Waals surface area contributed by atoms with Crippen LogP contribution in [-0.4, -0.2) is 19.0 Å². The minimum atomic E-state index is -0.178. The molecule has 1 heterocycles. The van der Waals surface area contributed by atoms with E-state index >= 15 is 0 Å². The SMILES string of the molecule is CC(N)c1cc(Br)ccc1N1CCC(C(N)=O)CC1. The van der Waals surface area contributed by atoms with Crippen LogP contribution < -0.4 is 16.4 Å². The second-order valence-electron chi connectivity index (χ2n) is 5.16. The van der Waals surface area contributed by atoms with Crippen LogP contribution in [0.15, 0.2) is 22.7 Å². The van der Waals surface area contributed by atoms with E-state index < -0.39 is 0 Å². The molecule has 19 heavy (non-hydrogen) atoms. The summed E-state index contributed by atoms with van der Waals surface area (Å²) >= 11 is 3.48. The van der Waals surface area contributed by atoms with Crippen molar-refractivity contribution in [3.8, 4) is 0 Å². The number of anilines is 1. The van der Waals surface area contributed by atoms with Crippen LogP contribution >= 0.6 is 15.9 Å². The Morgan fingerprint density at radius 1 is 1.42 bits per heavy atom. The van der Waals surface area contributed by atoms with E-state index in [1.54, 1.807) is 0 Å². The molecule has 1 fully saturated rings. The highest BCUT2D eigenvalue weighted by Gasteiger charge is 2.24. The zero-order valence-corrected chi connectivity index (χ0v) is 12.7. The van der Waals surface area contributed by atoms with Crippen molar-refractivity contribution < 1.29 is 4.79 Å². The number of carbonyl (C=O) groups excluding carboxylic acids is 1. The lowest BCUT2D eigenvalue weighted by molar-refractivity contribution is -0.122. The van der Waals surface area contributed by atoms with Crippen molar-refractivity contribution in [3.63, 3.8) is 0 Å². The molecule has 1 aromatic rings. The smallest absolute Gasteiger partial charge is 0.220 e. The summed E-state index contributed by atoms with van der Waals surface area (Å²) in [5, 5.41) is 0. The first-order chi connectivity index (χ1) is 8.99. The summed E-state index contributed by atoms with van der Waals surface area (Å²) in [7, 11) is 0. The normalized spacial score (nSPS) is 18.4. The fourth-order valence-electron chi connectivity index (χ4n) is 2.58. The second kappa shape index (κ2) is 5.92. The number of nitrogens with two attached hydrogens (primary N) is 2. The van der Waals surface area contributed by atoms with Gasteiger partial charge >= 0.3 is 0 Å². The van der Waals surface area contributed by atoms with Crippen molar-refractivity contribution in [2.75, 3.05) is 18.0 Å². The van der Waals surface area contributed by atoms with Crippen LogP contribution in [-0.2, 0) is 4.79 Å². The largest absolute Gasteiger partial charge is 0.371 e. The lowest BCUT2D eigenvalue weighted by Crippen LogP contribution is -2.39. The van der Waals surface area contributed by atoms with E-state index in [9.17, 15) is 4.79 Å². The van der Waals surface area contributed by atoms with Crippen molar-refractivity contribution in [3.05, 3.63) is 28.2 Å². The molecule has 104 valence electrons. The topological polar surface area (TPSA) is 72.3 Å². The maximum Gasteiger partial charge on any atom is 0.220 e. The summed E-state index contributed by atoms with van der Waals surface area (Å²) in [5.74, 6) is -0.159. The standard InChI is InChI=1S/C14H20BrN3O/c1-9(16)12-8-11(15)2-3-13(12)18-6-4-10(5-7-18)14(17)19/h2-3,8-10H,4-7,16H2,1H3,(H2,17,19). The quantitative estimate of drug-likeness (QED) is 0.894. The number of benzene rings is 1. The zero-order valence-electron chi connectivity index (χ0n) is 11.1. The van der Waals surface area contributed by atoms with E-state index in [-0.39, 0.29) is 17.9 Å². The lowest BCUT2D eigenvalue weighted by atomic mass is 9.95. The Morgan fingerprint density at radius 2 is 2.05 bits per heavy atom. The Labute approximate surface area is 122 Å². The predicted molar refractivity (Wildman–Crippen MR) is 80.9 cm³/mol. The first-order valence-electron chi connectivity index (χ1n) is 6.58. The fourth-order valence-corrected chi connectivity index (χ4v) is 2.96. The number of rotatable bonds is 3. The summed E-state index contributed by atoms with van der Waals surface area (Å²) in [6.07, 6.45) is 1.65. The fraction of sp³-hybridized carbons (Fsp3) is 0.500. The van der Waals surface area contributed by atoms with Crippen LogP contribution in [0.4, 0.5) is 5.69 Å². The molecule has 1 amide bonds. The van der Waals surface area contributed by atoms with Crippen LogP contribution in [0.25, 0.3) is 0 Å². The molecule has 1 aliphatic heterocycles. The summed E-state index contributed by atoms with van der Waals surface area (Å²) in [5.41, 5.74) is 13.7. The summed E-state index contributed by atoms with van der Waals surface area (Å²) in [6, 6.07) is 6.18. The van der Waals surface area contributed by atoms with Crippen molar-refractivity contribution in [2.24, 2.45) is 17.4 Å². The number of primary amides is 1. The molecule has 1 saturated heterocycles.